The quantitative estimate of drug-likeness (QED) is 0.677. The number of para-hydroxylation sites is 1. The number of nitrogens with zero attached hydrogens (tertiary/aromatic N) is 2. The van der Waals surface area contributed by atoms with Gasteiger partial charge in [-0.2, -0.15) is 0 Å². The van der Waals surface area contributed by atoms with E-state index >= 15 is 0 Å². The first-order chi connectivity index (χ1) is 8.65. The number of aryl methyl sites for hydroxylation is 2. The molecular weight excluding hydrogens is 246 g/mol. The molecule has 4 nitrogen and oxygen atoms in total. The average Bonchev–Trinajstić information content (AvgIpc) is 2.76. The third-order valence-electron chi connectivity index (χ3n) is 2.84. The number of H-pyrrole nitrogens is 1. The number of fused-ring (bicyclic) bond motifs is 1. The van der Waals surface area contributed by atoms with Gasteiger partial charge in [0.15, 0.2) is 0 Å². The highest BCUT2D eigenvalue weighted by atomic mass is 32.1. The van der Waals surface area contributed by atoms with Crippen LogP contribution in [0.3, 0.4) is 0 Å². The first-order valence-electron chi connectivity index (χ1n) is 5.58. The fourth-order valence-corrected chi connectivity index (χ4v) is 2.17. The number of hydrogen-bond donors (Lipinski definition) is 1. The number of benzene rings is 1. The summed E-state index contributed by atoms with van der Waals surface area (Å²) in [7, 11) is 0. The fourth-order valence-electron chi connectivity index (χ4n) is 2.04. The van der Waals surface area contributed by atoms with Crippen molar-refractivity contribution in [2.24, 2.45) is 0 Å². The van der Waals surface area contributed by atoms with Crippen LogP contribution in [0.2, 0.25) is 0 Å². The molecule has 1 N–H and O–H groups in total. The molecule has 0 bridgehead atoms. The third kappa shape index (κ3) is 1.73. The summed E-state index contributed by atoms with van der Waals surface area (Å²) in [6.07, 6.45) is 0. The molecule has 0 fully saturated rings. The number of nitrogens with one attached hydrogen (secondary N) is 1. The maximum absolute atomic E-state index is 5.39. The molecule has 2 aromatic heterocycles. The number of pyridine rings is 1. The molecule has 3 aromatic rings. The van der Waals surface area contributed by atoms with E-state index in [9.17, 15) is 0 Å². The minimum atomic E-state index is 0.278. The van der Waals surface area contributed by atoms with Crippen LogP contribution in [0, 0.1) is 18.7 Å². The van der Waals surface area contributed by atoms with Crippen LogP contribution < -0.4 is 0 Å². The van der Waals surface area contributed by atoms with Crippen molar-refractivity contribution in [3.63, 3.8) is 0 Å². The van der Waals surface area contributed by atoms with Gasteiger partial charge in [0.2, 0.25) is 5.89 Å². The molecule has 0 radical (unpaired) electrons. The first-order valence-corrected chi connectivity index (χ1v) is 5.99. The molecule has 0 atom stereocenters. The molecule has 0 saturated carbocycles. The summed E-state index contributed by atoms with van der Waals surface area (Å²) in [4.78, 5) is 4.84. The van der Waals surface area contributed by atoms with Gasteiger partial charge in [0.05, 0.1) is 5.52 Å². The van der Waals surface area contributed by atoms with Gasteiger partial charge in [0, 0.05) is 16.6 Å². The van der Waals surface area contributed by atoms with Gasteiger partial charge in [-0.3, -0.25) is 4.98 Å². The van der Waals surface area contributed by atoms with Crippen LogP contribution in [0.15, 0.2) is 28.7 Å². The highest BCUT2D eigenvalue weighted by Gasteiger charge is 2.11. The van der Waals surface area contributed by atoms with E-state index in [1.165, 1.54) is 0 Å². The summed E-state index contributed by atoms with van der Waals surface area (Å²) in [5, 5.41) is 7.75. The average molecular weight is 257 g/mol. The SMILES string of the molecule is Cc1cc(-c2n[nH]c(=S)o2)c2cccc(C)c2n1. The molecule has 0 amide bonds. The van der Waals surface area contributed by atoms with Crippen LogP contribution in [0.4, 0.5) is 0 Å². The lowest BCUT2D eigenvalue weighted by molar-refractivity contribution is 0.552. The van der Waals surface area contributed by atoms with Crippen molar-refractivity contribution in [2.75, 3.05) is 0 Å². The zero-order chi connectivity index (χ0) is 12.7. The Morgan fingerprint density at radius 1 is 1.28 bits per heavy atom. The smallest absolute Gasteiger partial charge is 0.284 e. The van der Waals surface area contributed by atoms with Gasteiger partial charge in [0.1, 0.15) is 0 Å². The highest BCUT2D eigenvalue weighted by molar-refractivity contribution is 7.71. The second-order valence-corrected chi connectivity index (χ2v) is 4.57. The van der Waals surface area contributed by atoms with E-state index in [1.807, 2.05) is 38.1 Å². The predicted octanol–water partition coefficient (Wildman–Crippen LogP) is 3.56. The highest BCUT2D eigenvalue weighted by Crippen LogP contribution is 2.28. The Morgan fingerprint density at radius 2 is 2.11 bits per heavy atom. The monoisotopic (exact) mass is 257 g/mol. The molecule has 90 valence electrons. The number of aromatic nitrogens is 3. The normalized spacial score (nSPS) is 11.0. The van der Waals surface area contributed by atoms with Crippen LogP contribution in [0.1, 0.15) is 11.3 Å². The zero-order valence-corrected chi connectivity index (χ0v) is 10.8. The van der Waals surface area contributed by atoms with Crippen LogP contribution in [-0.4, -0.2) is 15.2 Å². The summed E-state index contributed by atoms with van der Waals surface area (Å²) in [6, 6.07) is 8.01. The van der Waals surface area contributed by atoms with Crippen molar-refractivity contribution in [1.82, 2.24) is 15.2 Å². The largest absolute Gasteiger partial charge is 0.409 e. The van der Waals surface area contributed by atoms with Crippen molar-refractivity contribution < 1.29 is 4.42 Å². The topological polar surface area (TPSA) is 54.7 Å². The zero-order valence-electron chi connectivity index (χ0n) is 10.0. The van der Waals surface area contributed by atoms with Gasteiger partial charge in [-0.1, -0.05) is 18.2 Å². The molecule has 2 heterocycles. The van der Waals surface area contributed by atoms with E-state index in [0.29, 0.717) is 5.89 Å². The first kappa shape index (κ1) is 11.1. The van der Waals surface area contributed by atoms with E-state index in [4.69, 9.17) is 16.6 Å². The van der Waals surface area contributed by atoms with Gasteiger partial charge < -0.3 is 4.42 Å². The van der Waals surface area contributed by atoms with Crippen LogP contribution >= 0.6 is 12.2 Å². The van der Waals surface area contributed by atoms with E-state index in [1.54, 1.807) is 0 Å². The fraction of sp³-hybridized carbons (Fsp3) is 0.154. The Morgan fingerprint density at radius 3 is 2.83 bits per heavy atom. The van der Waals surface area contributed by atoms with E-state index in [-0.39, 0.29) is 4.84 Å². The molecule has 0 aliphatic heterocycles. The van der Waals surface area contributed by atoms with Crippen molar-refractivity contribution in [3.8, 4) is 11.5 Å². The van der Waals surface area contributed by atoms with Crippen molar-refractivity contribution in [3.05, 3.63) is 40.4 Å². The molecule has 0 aliphatic carbocycles. The van der Waals surface area contributed by atoms with E-state index < -0.39 is 0 Å². The van der Waals surface area contributed by atoms with Crippen LogP contribution in [0.25, 0.3) is 22.4 Å². The van der Waals surface area contributed by atoms with Gasteiger partial charge in [-0.15, -0.1) is 5.10 Å². The maximum atomic E-state index is 5.39. The van der Waals surface area contributed by atoms with Crippen molar-refractivity contribution in [2.45, 2.75) is 13.8 Å². The Bertz CT molecular complexity index is 788. The summed E-state index contributed by atoms with van der Waals surface area (Å²) in [5.74, 6) is 0.501. The Balaban J connectivity index is 2.42. The molecule has 3 rings (SSSR count). The number of rotatable bonds is 1. The predicted molar refractivity (Wildman–Crippen MR) is 71.9 cm³/mol. The lowest BCUT2D eigenvalue weighted by Crippen LogP contribution is -1.91. The lowest BCUT2D eigenvalue weighted by Gasteiger charge is -2.06. The van der Waals surface area contributed by atoms with Gasteiger partial charge >= 0.3 is 0 Å². The van der Waals surface area contributed by atoms with Gasteiger partial charge in [0.25, 0.3) is 4.84 Å². The lowest BCUT2D eigenvalue weighted by atomic mass is 10.0. The number of aromatic amines is 1. The molecule has 0 unspecified atom stereocenters. The van der Waals surface area contributed by atoms with E-state index in [2.05, 4.69) is 15.2 Å². The summed E-state index contributed by atoms with van der Waals surface area (Å²) in [5.41, 5.74) is 3.94. The molecule has 18 heavy (non-hydrogen) atoms. The van der Waals surface area contributed by atoms with Gasteiger partial charge in [-0.05, 0) is 37.7 Å². The minimum Gasteiger partial charge on any atom is -0.409 e. The van der Waals surface area contributed by atoms with E-state index in [0.717, 1.165) is 27.7 Å². The molecule has 0 saturated heterocycles. The Labute approximate surface area is 109 Å². The molecule has 0 aliphatic rings. The van der Waals surface area contributed by atoms with Gasteiger partial charge in [-0.25, -0.2) is 5.10 Å². The minimum absolute atomic E-state index is 0.278. The van der Waals surface area contributed by atoms with Crippen molar-refractivity contribution in [1.29, 1.82) is 0 Å². The second kappa shape index (κ2) is 4.03. The summed E-state index contributed by atoms with van der Waals surface area (Å²) >= 11 is 4.91. The molecule has 1 aromatic carbocycles. The Hall–Kier alpha value is -2.01. The number of hydrogen-bond acceptors (Lipinski definition) is 4. The van der Waals surface area contributed by atoms with Crippen LogP contribution in [-0.2, 0) is 0 Å². The summed E-state index contributed by atoms with van der Waals surface area (Å²) in [6.45, 7) is 4.00. The second-order valence-electron chi connectivity index (χ2n) is 4.20. The Kier molecular flexibility index (Phi) is 2.48. The molecular formula is C13H11N3OS. The van der Waals surface area contributed by atoms with Crippen LogP contribution in [0.5, 0.6) is 0 Å². The molecule has 0 spiro atoms. The van der Waals surface area contributed by atoms with Crippen molar-refractivity contribution >= 4 is 23.1 Å². The summed E-state index contributed by atoms with van der Waals surface area (Å²) < 4.78 is 5.39. The standard InChI is InChI=1S/C13H11N3OS/c1-7-4-3-5-9-10(6-8(2)14-11(7)9)12-15-16-13(18)17-12/h3-6H,1-2H3,(H,16,18). The molecule has 5 heteroatoms. The third-order valence-corrected chi connectivity index (χ3v) is 3.01. The maximum Gasteiger partial charge on any atom is 0.284 e.